The Morgan fingerprint density at radius 1 is 0.926 bits per heavy atom. The van der Waals surface area contributed by atoms with E-state index in [9.17, 15) is 14.4 Å². The molecule has 0 unspecified atom stereocenters. The number of ether oxygens (including phenoxy) is 3. The van der Waals surface area contributed by atoms with E-state index in [1.807, 2.05) is 0 Å². The zero-order valence-corrected chi connectivity index (χ0v) is 15.1. The van der Waals surface area contributed by atoms with Gasteiger partial charge in [0.1, 0.15) is 0 Å². The van der Waals surface area contributed by atoms with Crippen LogP contribution in [0, 0.1) is 0 Å². The molecule has 8 nitrogen and oxygen atoms in total. The van der Waals surface area contributed by atoms with Gasteiger partial charge >= 0.3 is 5.97 Å². The molecule has 0 fully saturated rings. The largest absolute Gasteiger partial charge is 0.493 e. The first kappa shape index (κ1) is 20.1. The molecule has 0 aromatic heterocycles. The molecule has 0 atom stereocenters. The van der Waals surface area contributed by atoms with E-state index in [1.165, 1.54) is 19.2 Å². The molecule has 142 valence electrons. The number of benzene rings is 2. The van der Waals surface area contributed by atoms with Crippen molar-refractivity contribution in [2.45, 2.75) is 0 Å². The number of para-hydroxylation sites is 2. The highest BCUT2D eigenvalue weighted by molar-refractivity contribution is 6.30. The third kappa shape index (κ3) is 6.52. The minimum absolute atomic E-state index is 0.307. The molecule has 0 bridgehead atoms. The minimum atomic E-state index is -0.750. The number of hydrogen-bond acceptors (Lipinski definition) is 6. The summed E-state index contributed by atoms with van der Waals surface area (Å²) in [4.78, 5) is 35.1. The van der Waals surface area contributed by atoms with Crippen LogP contribution in [0.5, 0.6) is 11.5 Å². The summed E-state index contributed by atoms with van der Waals surface area (Å²) in [7, 11) is 1.48. The van der Waals surface area contributed by atoms with Gasteiger partial charge in [0.05, 0.1) is 7.11 Å². The molecule has 2 aromatic carbocycles. The van der Waals surface area contributed by atoms with Gasteiger partial charge in [-0.2, -0.15) is 0 Å². The molecule has 9 heteroatoms. The SMILES string of the molecule is COc1ccccc1OCC(=O)OCC(=O)NNC(=O)c1ccc(Cl)cc1. The van der Waals surface area contributed by atoms with Gasteiger partial charge in [0.2, 0.25) is 0 Å². The maximum absolute atomic E-state index is 11.8. The summed E-state index contributed by atoms with van der Waals surface area (Å²) in [6, 6.07) is 12.9. The lowest BCUT2D eigenvalue weighted by Crippen LogP contribution is -2.43. The van der Waals surface area contributed by atoms with Crippen molar-refractivity contribution in [2.24, 2.45) is 0 Å². The number of carbonyl (C=O) groups is 3. The van der Waals surface area contributed by atoms with Crippen molar-refractivity contribution in [2.75, 3.05) is 20.3 Å². The summed E-state index contributed by atoms with van der Waals surface area (Å²) in [6.45, 7) is -0.972. The van der Waals surface area contributed by atoms with E-state index in [1.54, 1.807) is 36.4 Å². The van der Waals surface area contributed by atoms with Crippen molar-refractivity contribution in [1.29, 1.82) is 0 Å². The van der Waals surface area contributed by atoms with Gasteiger partial charge < -0.3 is 14.2 Å². The average Bonchev–Trinajstić information content (AvgIpc) is 2.69. The molecule has 0 saturated carbocycles. The summed E-state index contributed by atoms with van der Waals surface area (Å²) in [6.07, 6.45) is 0. The first-order valence-electron chi connectivity index (χ1n) is 7.76. The Bertz CT molecular complexity index is 810. The van der Waals surface area contributed by atoms with Crippen LogP contribution >= 0.6 is 11.6 Å². The van der Waals surface area contributed by atoms with Crippen LogP contribution in [-0.2, 0) is 14.3 Å². The molecular weight excluding hydrogens is 376 g/mol. The predicted octanol–water partition coefficient (Wildman–Crippen LogP) is 1.73. The van der Waals surface area contributed by atoms with Gasteiger partial charge in [0.25, 0.3) is 11.8 Å². The van der Waals surface area contributed by atoms with Crippen LogP contribution in [-0.4, -0.2) is 38.1 Å². The lowest BCUT2D eigenvalue weighted by molar-refractivity contribution is -0.150. The third-order valence-electron chi connectivity index (χ3n) is 3.20. The fourth-order valence-corrected chi connectivity index (χ4v) is 2.02. The molecule has 2 rings (SSSR count). The molecule has 0 heterocycles. The normalized spacial score (nSPS) is 9.85. The second-order valence-corrected chi connectivity index (χ2v) is 5.55. The lowest BCUT2D eigenvalue weighted by atomic mass is 10.2. The van der Waals surface area contributed by atoms with Crippen LogP contribution in [0.25, 0.3) is 0 Å². The van der Waals surface area contributed by atoms with Crippen LogP contribution in [0.15, 0.2) is 48.5 Å². The maximum atomic E-state index is 11.8. The van der Waals surface area contributed by atoms with Gasteiger partial charge in [-0.1, -0.05) is 23.7 Å². The predicted molar refractivity (Wildman–Crippen MR) is 96.5 cm³/mol. The number of nitrogens with one attached hydrogen (secondary N) is 2. The second kappa shape index (κ2) is 10.0. The van der Waals surface area contributed by atoms with Gasteiger partial charge in [0, 0.05) is 10.6 Å². The number of amides is 2. The Morgan fingerprint density at radius 3 is 2.26 bits per heavy atom. The van der Waals surface area contributed by atoms with Crippen LogP contribution in [0.4, 0.5) is 0 Å². The number of carbonyl (C=O) groups excluding carboxylic acids is 3. The summed E-state index contributed by atoms with van der Waals surface area (Å²) in [5.74, 6) is -1.15. The average molecular weight is 393 g/mol. The van der Waals surface area contributed by atoms with Crippen molar-refractivity contribution in [1.82, 2.24) is 10.9 Å². The van der Waals surface area contributed by atoms with Gasteiger partial charge in [-0.15, -0.1) is 0 Å². The fraction of sp³-hybridized carbons (Fsp3) is 0.167. The van der Waals surface area contributed by atoms with Gasteiger partial charge in [-0.05, 0) is 36.4 Å². The number of hydrazine groups is 1. The Labute approximate surface area is 160 Å². The highest BCUT2D eigenvalue weighted by Crippen LogP contribution is 2.25. The molecule has 2 N–H and O–H groups in total. The number of rotatable bonds is 7. The zero-order valence-electron chi connectivity index (χ0n) is 14.4. The first-order chi connectivity index (χ1) is 13.0. The van der Waals surface area contributed by atoms with Gasteiger partial charge in [0.15, 0.2) is 24.7 Å². The zero-order chi connectivity index (χ0) is 19.6. The van der Waals surface area contributed by atoms with E-state index < -0.39 is 31.0 Å². The first-order valence-corrected chi connectivity index (χ1v) is 8.13. The monoisotopic (exact) mass is 392 g/mol. The number of methoxy groups -OCH3 is 1. The third-order valence-corrected chi connectivity index (χ3v) is 3.45. The standard InChI is InChI=1S/C18H17ClN2O6/c1-25-14-4-2-3-5-15(14)26-11-17(23)27-10-16(22)20-21-18(24)12-6-8-13(19)9-7-12/h2-9H,10-11H2,1H3,(H,20,22)(H,21,24). The van der Waals surface area contributed by atoms with Crippen molar-refractivity contribution in [3.05, 3.63) is 59.1 Å². The van der Waals surface area contributed by atoms with Crippen LogP contribution in [0.2, 0.25) is 5.02 Å². The summed E-state index contributed by atoms with van der Waals surface area (Å²) in [5, 5.41) is 0.484. The van der Waals surface area contributed by atoms with E-state index in [2.05, 4.69) is 10.9 Å². The Balaban J connectivity index is 1.69. The Morgan fingerprint density at radius 2 is 1.59 bits per heavy atom. The summed E-state index contributed by atoms with van der Waals surface area (Å²) >= 11 is 5.73. The van der Waals surface area contributed by atoms with Crippen LogP contribution < -0.4 is 20.3 Å². The quantitative estimate of drug-likeness (QED) is 0.549. The van der Waals surface area contributed by atoms with E-state index in [0.29, 0.717) is 22.1 Å². The van der Waals surface area contributed by atoms with Crippen molar-refractivity contribution >= 4 is 29.4 Å². The molecule has 0 spiro atoms. The summed E-state index contributed by atoms with van der Waals surface area (Å²) in [5.41, 5.74) is 4.63. The van der Waals surface area contributed by atoms with Gasteiger partial charge in [-0.25, -0.2) is 4.79 Å². The van der Waals surface area contributed by atoms with E-state index in [-0.39, 0.29) is 0 Å². The summed E-state index contributed by atoms with van der Waals surface area (Å²) < 4.78 is 15.1. The highest BCUT2D eigenvalue weighted by Gasteiger charge is 2.11. The van der Waals surface area contributed by atoms with E-state index in [0.717, 1.165) is 0 Å². The Kier molecular flexibility index (Phi) is 7.45. The molecule has 0 aliphatic carbocycles. The molecule has 0 aliphatic rings. The number of hydrogen-bond donors (Lipinski definition) is 2. The van der Waals surface area contributed by atoms with E-state index >= 15 is 0 Å². The molecular formula is C18H17ClN2O6. The molecule has 2 amide bonds. The number of esters is 1. The molecule has 0 saturated heterocycles. The maximum Gasteiger partial charge on any atom is 0.344 e. The Hall–Kier alpha value is -3.26. The fourth-order valence-electron chi connectivity index (χ4n) is 1.90. The number of halogens is 1. The van der Waals surface area contributed by atoms with Gasteiger partial charge in [-0.3, -0.25) is 20.4 Å². The molecule has 27 heavy (non-hydrogen) atoms. The second-order valence-electron chi connectivity index (χ2n) is 5.11. The smallest absolute Gasteiger partial charge is 0.344 e. The van der Waals surface area contributed by atoms with E-state index in [4.69, 9.17) is 25.8 Å². The topological polar surface area (TPSA) is 103 Å². The molecule has 0 radical (unpaired) electrons. The van der Waals surface area contributed by atoms with Crippen molar-refractivity contribution in [3.8, 4) is 11.5 Å². The molecule has 0 aliphatic heterocycles. The highest BCUT2D eigenvalue weighted by atomic mass is 35.5. The lowest BCUT2D eigenvalue weighted by Gasteiger charge is -2.10. The van der Waals surface area contributed by atoms with Crippen molar-refractivity contribution < 1.29 is 28.6 Å². The van der Waals surface area contributed by atoms with Crippen molar-refractivity contribution in [3.63, 3.8) is 0 Å². The minimum Gasteiger partial charge on any atom is -0.493 e. The van der Waals surface area contributed by atoms with Crippen LogP contribution in [0.3, 0.4) is 0 Å². The molecule has 2 aromatic rings. The van der Waals surface area contributed by atoms with Crippen LogP contribution in [0.1, 0.15) is 10.4 Å².